The summed E-state index contributed by atoms with van der Waals surface area (Å²) in [4.78, 5) is 0. The third-order valence-corrected chi connectivity index (χ3v) is 2.59. The fourth-order valence-electron chi connectivity index (χ4n) is 1.50. The summed E-state index contributed by atoms with van der Waals surface area (Å²) in [5.74, 6) is 0.575. The number of azo groups is 1. The van der Waals surface area contributed by atoms with Crippen LogP contribution >= 0.6 is 0 Å². The van der Waals surface area contributed by atoms with Crippen molar-refractivity contribution in [3.63, 3.8) is 0 Å². The van der Waals surface area contributed by atoms with E-state index in [2.05, 4.69) is 10.2 Å². The normalized spacial score (nSPS) is 11.0. The van der Waals surface area contributed by atoms with Gasteiger partial charge in [-0.3, -0.25) is 0 Å². The Kier molecular flexibility index (Phi) is 3.23. The summed E-state index contributed by atoms with van der Waals surface area (Å²) < 4.78 is 0.895. The first-order chi connectivity index (χ1) is 8.58. The highest BCUT2D eigenvalue weighted by Gasteiger charge is 2.08. The van der Waals surface area contributed by atoms with Crippen molar-refractivity contribution in [3.05, 3.63) is 47.7 Å². The molecule has 0 radical (unpaired) electrons. The van der Waals surface area contributed by atoms with Crippen molar-refractivity contribution < 1.29 is 15.0 Å². The number of aromatic nitrogens is 1. The minimum atomic E-state index is 0.239. The minimum absolute atomic E-state index is 0.239. The van der Waals surface area contributed by atoms with Crippen LogP contribution in [0, 0.1) is 13.8 Å². The van der Waals surface area contributed by atoms with Gasteiger partial charge in [-0.15, -0.1) is 0 Å². The molecule has 18 heavy (non-hydrogen) atoms. The number of nitrogens with zero attached hydrogens (tertiary/aromatic N) is 3. The summed E-state index contributed by atoms with van der Waals surface area (Å²) in [6.45, 7) is 3.63. The van der Waals surface area contributed by atoms with Crippen LogP contribution in [0.4, 0.5) is 11.5 Å². The van der Waals surface area contributed by atoms with Crippen LogP contribution in [0.25, 0.3) is 0 Å². The average molecular weight is 244 g/mol. The van der Waals surface area contributed by atoms with Gasteiger partial charge in [0.15, 0.2) is 0 Å². The Balaban J connectivity index is 2.35. The maximum Gasteiger partial charge on any atom is 0.388 e. The third kappa shape index (κ3) is 2.45. The van der Waals surface area contributed by atoms with Gasteiger partial charge in [0.05, 0.1) is 5.11 Å². The molecule has 0 saturated heterocycles. The summed E-state index contributed by atoms with van der Waals surface area (Å²) in [6.07, 6.45) is 1.48. The van der Waals surface area contributed by atoms with Crippen LogP contribution in [0.15, 0.2) is 46.8 Å². The molecule has 1 aromatic heterocycles. The van der Waals surface area contributed by atoms with Crippen LogP contribution in [-0.2, 0) is 0 Å². The number of aromatic hydroxyl groups is 1. The van der Waals surface area contributed by atoms with E-state index in [0.29, 0.717) is 11.5 Å². The Labute approximate surface area is 105 Å². The van der Waals surface area contributed by atoms with Gasteiger partial charge in [-0.05, 0) is 59.1 Å². The standard InChI is InChI=1S/C13H13N3O2/c1-9-8-12(17)10(2)7-11(9)14-15-13-5-3-4-6-16(13)18/h3-8,18H,1-2H3/p+1. The summed E-state index contributed by atoms with van der Waals surface area (Å²) in [5.41, 5.74) is 2.22. The number of phenols is 1. The van der Waals surface area contributed by atoms with Crippen LogP contribution in [0.2, 0.25) is 0 Å². The number of pyridine rings is 1. The lowest BCUT2D eigenvalue weighted by Crippen LogP contribution is -2.28. The molecule has 0 spiro atoms. The van der Waals surface area contributed by atoms with Gasteiger partial charge in [-0.25, -0.2) is 0 Å². The molecule has 92 valence electrons. The lowest BCUT2D eigenvalue weighted by atomic mass is 10.1. The summed E-state index contributed by atoms with van der Waals surface area (Å²) in [5, 5.41) is 27.1. The van der Waals surface area contributed by atoms with E-state index in [1.165, 1.54) is 6.20 Å². The molecule has 0 saturated carbocycles. The zero-order chi connectivity index (χ0) is 13.1. The Morgan fingerprint density at radius 1 is 1.06 bits per heavy atom. The van der Waals surface area contributed by atoms with E-state index in [9.17, 15) is 10.3 Å². The molecule has 0 aliphatic rings. The molecule has 0 amide bonds. The van der Waals surface area contributed by atoms with Gasteiger partial charge in [-0.1, -0.05) is 0 Å². The first-order valence-corrected chi connectivity index (χ1v) is 5.50. The molecular formula is C13H14N3O2+. The topological polar surface area (TPSA) is 69.1 Å². The van der Waals surface area contributed by atoms with Crippen molar-refractivity contribution >= 4 is 11.5 Å². The fraction of sp³-hybridized carbons (Fsp3) is 0.154. The molecule has 1 aromatic carbocycles. The van der Waals surface area contributed by atoms with Crippen molar-refractivity contribution in [1.29, 1.82) is 0 Å². The zero-order valence-electron chi connectivity index (χ0n) is 10.2. The van der Waals surface area contributed by atoms with Crippen LogP contribution in [0.5, 0.6) is 5.75 Å². The number of benzene rings is 1. The molecule has 5 nitrogen and oxygen atoms in total. The first-order valence-electron chi connectivity index (χ1n) is 5.50. The van der Waals surface area contributed by atoms with Gasteiger partial charge in [0.2, 0.25) is 0 Å². The van der Waals surface area contributed by atoms with E-state index in [0.717, 1.165) is 15.9 Å². The molecule has 2 N–H and O–H groups in total. The second-order valence-corrected chi connectivity index (χ2v) is 4.03. The summed E-state index contributed by atoms with van der Waals surface area (Å²) >= 11 is 0. The molecule has 2 aromatic rings. The predicted octanol–water partition coefficient (Wildman–Crippen LogP) is 2.95. The number of rotatable bonds is 2. The molecular weight excluding hydrogens is 230 g/mol. The molecule has 0 fully saturated rings. The van der Waals surface area contributed by atoms with Crippen LogP contribution < -0.4 is 4.73 Å². The lowest BCUT2D eigenvalue weighted by Gasteiger charge is -2.01. The molecule has 0 atom stereocenters. The van der Waals surface area contributed by atoms with Crippen molar-refractivity contribution in [1.82, 2.24) is 0 Å². The molecule has 1 heterocycles. The summed E-state index contributed by atoms with van der Waals surface area (Å²) in [6, 6.07) is 8.48. The van der Waals surface area contributed by atoms with E-state index in [1.807, 2.05) is 6.92 Å². The number of aryl methyl sites for hydroxylation is 2. The predicted molar refractivity (Wildman–Crippen MR) is 65.6 cm³/mol. The Hall–Kier alpha value is -2.43. The van der Waals surface area contributed by atoms with Gasteiger partial charge < -0.3 is 10.3 Å². The van der Waals surface area contributed by atoms with Crippen molar-refractivity contribution in [2.45, 2.75) is 13.8 Å². The fourth-order valence-corrected chi connectivity index (χ4v) is 1.50. The lowest BCUT2D eigenvalue weighted by molar-refractivity contribution is -0.894. The van der Waals surface area contributed by atoms with E-state index in [4.69, 9.17) is 0 Å². The molecule has 2 rings (SSSR count). The van der Waals surface area contributed by atoms with Gasteiger partial charge in [0.1, 0.15) is 17.6 Å². The Bertz CT molecular complexity index is 609. The van der Waals surface area contributed by atoms with E-state index in [1.54, 1.807) is 37.3 Å². The van der Waals surface area contributed by atoms with Gasteiger partial charge in [0, 0.05) is 6.07 Å². The maximum absolute atomic E-state index is 9.54. The third-order valence-electron chi connectivity index (χ3n) is 2.59. The maximum atomic E-state index is 9.54. The highest BCUT2D eigenvalue weighted by Crippen LogP contribution is 2.27. The quantitative estimate of drug-likeness (QED) is 0.484. The van der Waals surface area contributed by atoms with Gasteiger partial charge in [-0.2, -0.15) is 0 Å². The molecule has 0 bridgehead atoms. The van der Waals surface area contributed by atoms with E-state index in [-0.39, 0.29) is 5.75 Å². The Morgan fingerprint density at radius 3 is 2.56 bits per heavy atom. The highest BCUT2D eigenvalue weighted by atomic mass is 16.5. The monoisotopic (exact) mass is 244 g/mol. The largest absolute Gasteiger partial charge is 0.508 e. The molecule has 5 heteroatoms. The number of phenolic OH excluding ortho intramolecular Hbond substituents is 1. The first kappa shape index (κ1) is 12.0. The molecule has 0 aliphatic heterocycles. The van der Waals surface area contributed by atoms with Crippen molar-refractivity contribution in [2.24, 2.45) is 10.2 Å². The highest BCUT2D eigenvalue weighted by molar-refractivity contribution is 5.52. The van der Waals surface area contributed by atoms with E-state index < -0.39 is 0 Å². The minimum Gasteiger partial charge on any atom is -0.508 e. The van der Waals surface area contributed by atoms with Crippen LogP contribution in [-0.4, -0.2) is 10.3 Å². The van der Waals surface area contributed by atoms with E-state index >= 15 is 0 Å². The SMILES string of the molecule is Cc1cc(N=Nc2cccc[n+]2O)c(C)cc1O. The Morgan fingerprint density at radius 2 is 1.83 bits per heavy atom. The van der Waals surface area contributed by atoms with Crippen molar-refractivity contribution in [3.8, 4) is 5.75 Å². The zero-order valence-corrected chi connectivity index (χ0v) is 10.2. The average Bonchev–Trinajstić information content (AvgIpc) is 2.34. The molecule has 0 aliphatic carbocycles. The van der Waals surface area contributed by atoms with Crippen molar-refractivity contribution in [2.75, 3.05) is 0 Å². The van der Waals surface area contributed by atoms with Gasteiger partial charge in [0.25, 0.3) is 0 Å². The smallest absolute Gasteiger partial charge is 0.388 e. The number of hydrogen-bond donors (Lipinski definition) is 2. The second-order valence-electron chi connectivity index (χ2n) is 4.03. The van der Waals surface area contributed by atoms with Crippen LogP contribution in [0.1, 0.15) is 11.1 Å². The second kappa shape index (κ2) is 4.83. The van der Waals surface area contributed by atoms with Crippen LogP contribution in [0.3, 0.4) is 0 Å². The molecule has 0 unspecified atom stereocenters. The van der Waals surface area contributed by atoms with Gasteiger partial charge >= 0.3 is 5.82 Å². The number of hydrogen-bond acceptors (Lipinski definition) is 4. The summed E-state index contributed by atoms with van der Waals surface area (Å²) in [7, 11) is 0.